The smallest absolute Gasteiger partial charge is 0.691 e. The number of hydrogen-bond acceptors (Lipinski definition) is 13. The van der Waals surface area contributed by atoms with Gasteiger partial charge in [0.05, 0.1) is 40.0 Å². The average molecular weight is 628 g/mol. The molecule has 5 rings (SSSR count). The standard InChI is InChI=1S/C29H21N5O7S.2Na/c30-19-5-11-23-18(13-19)14-26(42-41-40-39)27(28(23)36)34-32-21-8-3-17(4-9-21)16-1-6-20(7-2-16)31-33-22-10-12-25(35)24(15-22)29(37)38;;/h1-15,35-36,39H,30H2,(H,37,38);;/q;2*+1/p-2. The minimum absolute atomic E-state index is 0. The number of nitrogens with two attached hydrogens (primary N) is 1. The van der Waals surface area contributed by atoms with Gasteiger partial charge in [-0.05, 0) is 83.2 Å². The molecule has 0 unspecified atom stereocenters. The molecule has 0 amide bonds. The molecule has 4 N–H and O–H groups in total. The molecular formula is C29H19N5Na2O7S. The second-order valence-electron chi connectivity index (χ2n) is 8.75. The molecule has 0 aliphatic heterocycles. The second-order valence-corrected chi connectivity index (χ2v) is 9.50. The maximum absolute atomic E-state index is 11.1. The number of phenols is 2. The predicted molar refractivity (Wildman–Crippen MR) is 151 cm³/mol. The third-order valence-corrected chi connectivity index (χ3v) is 6.66. The summed E-state index contributed by atoms with van der Waals surface area (Å²) in [5, 5.41) is 63.0. The minimum Gasteiger partial charge on any atom is -0.691 e. The number of fused-ring (bicyclic) bond motifs is 1. The summed E-state index contributed by atoms with van der Waals surface area (Å²) in [4.78, 5) is 11.4. The van der Waals surface area contributed by atoms with Crippen LogP contribution in [-0.4, -0.2) is 16.2 Å². The quantitative estimate of drug-likeness (QED) is 0.0500. The Morgan fingerprint density at radius 2 is 1.32 bits per heavy atom. The van der Waals surface area contributed by atoms with Crippen LogP contribution in [0.2, 0.25) is 0 Å². The van der Waals surface area contributed by atoms with E-state index in [0.717, 1.165) is 11.1 Å². The van der Waals surface area contributed by atoms with Crippen molar-refractivity contribution in [1.29, 1.82) is 0 Å². The van der Waals surface area contributed by atoms with Crippen molar-refractivity contribution >= 4 is 57.2 Å². The van der Waals surface area contributed by atoms with Crippen molar-refractivity contribution in [2.75, 3.05) is 5.73 Å². The summed E-state index contributed by atoms with van der Waals surface area (Å²) in [6.07, 6.45) is 0. The molecule has 12 nitrogen and oxygen atoms in total. The fourth-order valence-electron chi connectivity index (χ4n) is 3.99. The number of rotatable bonds is 9. The van der Waals surface area contributed by atoms with Gasteiger partial charge < -0.3 is 31.1 Å². The summed E-state index contributed by atoms with van der Waals surface area (Å²) in [6, 6.07) is 24.8. The number of nitrogens with zero attached hydrogens (tertiary/aromatic N) is 4. The third kappa shape index (κ3) is 8.43. The molecule has 0 aliphatic rings. The third-order valence-electron chi connectivity index (χ3n) is 6.04. The number of phenolic OH excluding ortho intramolecular Hbond substituents is 1. The van der Waals surface area contributed by atoms with Gasteiger partial charge in [-0.15, -0.1) is 5.11 Å². The van der Waals surface area contributed by atoms with E-state index in [1.165, 1.54) is 18.2 Å². The van der Waals surface area contributed by atoms with Crippen molar-refractivity contribution in [3.63, 3.8) is 0 Å². The molecule has 0 atom stereocenters. The van der Waals surface area contributed by atoms with Gasteiger partial charge in [-0.2, -0.15) is 19.7 Å². The second kappa shape index (κ2) is 16.1. The van der Waals surface area contributed by atoms with Gasteiger partial charge in [-0.3, -0.25) is 5.04 Å². The molecule has 210 valence electrons. The molecule has 0 heterocycles. The van der Waals surface area contributed by atoms with Gasteiger partial charge >= 0.3 is 59.1 Å². The Labute approximate surface area is 298 Å². The van der Waals surface area contributed by atoms with E-state index in [4.69, 9.17) is 5.73 Å². The Morgan fingerprint density at radius 1 is 0.750 bits per heavy atom. The van der Waals surface area contributed by atoms with Crippen LogP contribution in [0.3, 0.4) is 0 Å². The van der Waals surface area contributed by atoms with E-state index in [2.05, 4.69) is 29.8 Å². The molecule has 0 fully saturated rings. The molecule has 5 aromatic carbocycles. The predicted octanol–water partition coefficient (Wildman–Crippen LogP) is -0.0669. The van der Waals surface area contributed by atoms with Crippen LogP contribution in [0.15, 0.2) is 116 Å². The number of azo groups is 2. The normalized spacial score (nSPS) is 11.0. The molecule has 0 radical (unpaired) electrons. The molecule has 0 aromatic heterocycles. The summed E-state index contributed by atoms with van der Waals surface area (Å²) in [5.74, 6) is -2.08. The SMILES string of the molecule is Nc1ccc2c(O)c(N=Nc3ccc(-c4ccc(N=Nc5ccc(O)c(C(=O)[O-])c5)cc4)cc3)c(SOO[O-])cc2c1.[Na+].[Na+]. The first-order valence-corrected chi connectivity index (χ1v) is 12.8. The number of carboxylic acids is 1. The molecule has 0 saturated heterocycles. The van der Waals surface area contributed by atoms with E-state index in [0.29, 0.717) is 44.8 Å². The summed E-state index contributed by atoms with van der Waals surface area (Å²) >= 11 is 0.582. The Kier molecular flexibility index (Phi) is 12.9. The van der Waals surface area contributed by atoms with E-state index in [1.807, 2.05) is 24.3 Å². The largest absolute Gasteiger partial charge is 1.00 e. The molecule has 5 aromatic rings. The van der Waals surface area contributed by atoms with Crippen molar-refractivity contribution < 1.29 is 93.9 Å². The Bertz CT molecular complexity index is 1840. The van der Waals surface area contributed by atoms with E-state index < -0.39 is 11.7 Å². The zero-order valence-electron chi connectivity index (χ0n) is 23.4. The molecule has 44 heavy (non-hydrogen) atoms. The van der Waals surface area contributed by atoms with Gasteiger partial charge in [0.2, 0.25) is 0 Å². The van der Waals surface area contributed by atoms with Crippen LogP contribution in [0.25, 0.3) is 21.9 Å². The monoisotopic (exact) mass is 627 g/mol. The van der Waals surface area contributed by atoms with E-state index >= 15 is 0 Å². The van der Waals surface area contributed by atoms with Gasteiger partial charge in [0, 0.05) is 16.6 Å². The fourth-order valence-corrected chi connectivity index (χ4v) is 4.49. The first kappa shape index (κ1) is 35.1. The first-order chi connectivity index (χ1) is 20.3. The van der Waals surface area contributed by atoms with E-state index in [1.54, 1.807) is 48.5 Å². The van der Waals surface area contributed by atoms with E-state index in [-0.39, 0.29) is 81.8 Å². The van der Waals surface area contributed by atoms with Crippen molar-refractivity contribution in [2.45, 2.75) is 4.90 Å². The van der Waals surface area contributed by atoms with Crippen molar-refractivity contribution in [2.24, 2.45) is 20.5 Å². The zero-order valence-corrected chi connectivity index (χ0v) is 28.2. The maximum Gasteiger partial charge on any atom is 1.00 e. The van der Waals surface area contributed by atoms with Crippen LogP contribution in [0, 0.1) is 0 Å². The van der Waals surface area contributed by atoms with Crippen LogP contribution in [0.1, 0.15) is 10.4 Å². The molecule has 0 aliphatic carbocycles. The first-order valence-electron chi connectivity index (χ1n) is 12.1. The van der Waals surface area contributed by atoms with Crippen molar-refractivity contribution in [1.82, 2.24) is 0 Å². The molecule has 15 heteroatoms. The number of nitrogen functional groups attached to an aromatic ring is 1. The summed E-state index contributed by atoms with van der Waals surface area (Å²) in [7, 11) is 0. The van der Waals surface area contributed by atoms with Crippen LogP contribution in [0.4, 0.5) is 28.4 Å². The number of carbonyl (C=O) groups excluding carboxylic acids is 1. The summed E-state index contributed by atoms with van der Waals surface area (Å²) < 4.78 is 4.45. The number of benzene rings is 5. The maximum atomic E-state index is 11.1. The van der Waals surface area contributed by atoms with Crippen molar-refractivity contribution in [3.8, 4) is 22.6 Å². The summed E-state index contributed by atoms with van der Waals surface area (Å²) in [5.41, 5.74) is 9.12. The Morgan fingerprint density at radius 3 is 1.91 bits per heavy atom. The number of aromatic hydroxyl groups is 2. The van der Waals surface area contributed by atoms with E-state index in [9.17, 15) is 25.4 Å². The Balaban J connectivity index is 0.00000264. The fraction of sp³-hybridized carbons (Fsp3) is 0. The van der Waals surface area contributed by atoms with Gasteiger partial charge in [-0.25, -0.2) is 0 Å². The number of hydrogen-bond donors (Lipinski definition) is 3. The van der Waals surface area contributed by atoms with Gasteiger partial charge in [-0.1, -0.05) is 24.3 Å². The Hall–Kier alpha value is -3.34. The number of carboxylic acid groups (broad SMARTS) is 1. The van der Waals surface area contributed by atoms with Gasteiger partial charge in [0.1, 0.15) is 11.4 Å². The van der Waals surface area contributed by atoms with Crippen LogP contribution in [-0.2, 0) is 9.37 Å². The van der Waals surface area contributed by atoms with Crippen molar-refractivity contribution in [3.05, 3.63) is 96.6 Å². The topological polar surface area (TPSA) is 198 Å². The molecule has 0 spiro atoms. The average Bonchev–Trinajstić information content (AvgIpc) is 2.99. The van der Waals surface area contributed by atoms with Crippen LogP contribution < -0.4 is 75.2 Å². The number of anilines is 1. The zero-order chi connectivity index (χ0) is 29.6. The van der Waals surface area contributed by atoms with Crippen LogP contribution >= 0.6 is 12.0 Å². The van der Waals surface area contributed by atoms with Gasteiger partial charge in [0.15, 0.2) is 5.75 Å². The molecular weight excluding hydrogens is 608 g/mol. The molecule has 0 bridgehead atoms. The van der Waals surface area contributed by atoms with Crippen LogP contribution in [0.5, 0.6) is 11.5 Å². The van der Waals surface area contributed by atoms with Gasteiger partial charge in [0.25, 0.3) is 0 Å². The number of carbonyl (C=O) groups is 1. The molecule has 0 saturated carbocycles. The summed E-state index contributed by atoms with van der Waals surface area (Å²) in [6.45, 7) is 0. The number of aromatic carboxylic acids is 1. The minimum atomic E-state index is -1.51.